The van der Waals surface area contributed by atoms with Crippen molar-refractivity contribution in [2.45, 2.75) is 33.1 Å². The highest BCUT2D eigenvalue weighted by Crippen LogP contribution is 2.17. The first-order valence-electron chi connectivity index (χ1n) is 5.09. The van der Waals surface area contributed by atoms with Crippen LogP contribution in [0.1, 0.15) is 33.1 Å². The molecule has 1 aliphatic carbocycles. The molecule has 0 heterocycles. The summed E-state index contributed by atoms with van der Waals surface area (Å²) in [7, 11) is 4.30. The quantitative estimate of drug-likeness (QED) is 0.574. The normalized spacial score (nSPS) is 21.9. The molecule has 0 saturated carbocycles. The number of allylic oxidation sites excluding steroid dienone is 2. The average Bonchev–Trinajstić information content (AvgIpc) is 2.08. The van der Waals surface area contributed by atoms with Gasteiger partial charge < -0.3 is 4.90 Å². The fourth-order valence-electron chi connectivity index (χ4n) is 1.54. The highest BCUT2D eigenvalue weighted by atomic mass is 15.1. The van der Waals surface area contributed by atoms with E-state index in [1.54, 1.807) is 0 Å². The van der Waals surface area contributed by atoms with Crippen LogP contribution in [-0.2, 0) is 0 Å². The monoisotopic (exact) mass is 169 g/mol. The van der Waals surface area contributed by atoms with Gasteiger partial charge in [-0.3, -0.25) is 0 Å². The van der Waals surface area contributed by atoms with Crippen LogP contribution in [0.2, 0.25) is 0 Å². The molecule has 0 bridgehead atoms. The molecular weight excluding hydrogens is 146 g/mol. The first-order valence-corrected chi connectivity index (χ1v) is 5.09. The van der Waals surface area contributed by atoms with Crippen LogP contribution in [0.3, 0.4) is 0 Å². The van der Waals surface area contributed by atoms with Crippen molar-refractivity contribution in [3.63, 3.8) is 0 Å². The van der Waals surface area contributed by atoms with Crippen LogP contribution < -0.4 is 0 Å². The largest absolute Gasteiger partial charge is 0.309 e. The third kappa shape index (κ3) is 5.36. The van der Waals surface area contributed by atoms with Gasteiger partial charge in [0.1, 0.15) is 0 Å². The summed E-state index contributed by atoms with van der Waals surface area (Å²) in [4.78, 5) is 2.28. The lowest BCUT2D eigenvalue weighted by atomic mass is 9.94. The van der Waals surface area contributed by atoms with E-state index in [2.05, 4.69) is 31.1 Å². The van der Waals surface area contributed by atoms with E-state index in [0.717, 1.165) is 5.92 Å². The topological polar surface area (TPSA) is 3.24 Å². The van der Waals surface area contributed by atoms with Crippen molar-refractivity contribution in [3.05, 3.63) is 12.2 Å². The minimum absolute atomic E-state index is 0.917. The molecule has 0 N–H and O–H groups in total. The lowest BCUT2D eigenvalue weighted by Crippen LogP contribution is -2.22. The maximum atomic E-state index is 2.32. The summed E-state index contributed by atoms with van der Waals surface area (Å²) in [6, 6.07) is 0. The Hall–Kier alpha value is -0.300. The molecule has 0 aliphatic heterocycles. The summed E-state index contributed by atoms with van der Waals surface area (Å²) in [6.45, 7) is 5.25. The Balaban J connectivity index is 0.000000561. The van der Waals surface area contributed by atoms with E-state index in [9.17, 15) is 0 Å². The van der Waals surface area contributed by atoms with E-state index in [1.807, 2.05) is 13.8 Å². The summed E-state index contributed by atoms with van der Waals surface area (Å²) in [5.41, 5.74) is 0. The zero-order chi connectivity index (χ0) is 9.40. The second kappa shape index (κ2) is 7.35. The van der Waals surface area contributed by atoms with Crippen molar-refractivity contribution in [3.8, 4) is 0 Å². The van der Waals surface area contributed by atoms with Crippen LogP contribution in [0, 0.1) is 5.92 Å². The Kier molecular flexibility index (Phi) is 7.17. The number of hydrogen-bond donors (Lipinski definition) is 0. The van der Waals surface area contributed by atoms with Gasteiger partial charge in [0.2, 0.25) is 0 Å². The summed E-state index contributed by atoms with van der Waals surface area (Å²) < 4.78 is 0. The second-order valence-corrected chi connectivity index (χ2v) is 3.41. The molecule has 0 saturated heterocycles. The predicted molar refractivity (Wildman–Crippen MR) is 56.4 cm³/mol. The van der Waals surface area contributed by atoms with Gasteiger partial charge in [-0.15, -0.1) is 0 Å². The molecule has 0 amide bonds. The van der Waals surface area contributed by atoms with Crippen LogP contribution in [0.15, 0.2) is 12.2 Å². The maximum Gasteiger partial charge on any atom is 0.000663 e. The van der Waals surface area contributed by atoms with E-state index < -0.39 is 0 Å². The van der Waals surface area contributed by atoms with Crippen LogP contribution in [0.5, 0.6) is 0 Å². The molecule has 0 fully saturated rings. The fourth-order valence-corrected chi connectivity index (χ4v) is 1.54. The van der Waals surface area contributed by atoms with Gasteiger partial charge in [0.15, 0.2) is 0 Å². The standard InChI is InChI=1S/C9H17N.C2H6/c1-10(2)8-9-6-4-3-5-7-9;1-2/h3-4,9H,5-8H2,1-2H3;1-2H3. The van der Waals surface area contributed by atoms with Gasteiger partial charge in [-0.25, -0.2) is 0 Å². The molecule has 72 valence electrons. The van der Waals surface area contributed by atoms with E-state index in [4.69, 9.17) is 0 Å². The minimum atomic E-state index is 0.917. The third-order valence-corrected chi connectivity index (χ3v) is 2.00. The molecular formula is C11H23N. The third-order valence-electron chi connectivity index (χ3n) is 2.00. The van der Waals surface area contributed by atoms with Gasteiger partial charge in [0, 0.05) is 6.54 Å². The molecule has 1 rings (SSSR count). The smallest absolute Gasteiger partial charge is 0.000663 e. The molecule has 1 unspecified atom stereocenters. The van der Waals surface area contributed by atoms with Gasteiger partial charge in [-0.05, 0) is 39.3 Å². The molecule has 0 aromatic heterocycles. The zero-order valence-electron chi connectivity index (χ0n) is 9.01. The van der Waals surface area contributed by atoms with Gasteiger partial charge in [0.25, 0.3) is 0 Å². The Labute approximate surface area is 77.5 Å². The minimum Gasteiger partial charge on any atom is -0.309 e. The highest BCUT2D eigenvalue weighted by molar-refractivity contribution is 4.90. The summed E-state index contributed by atoms with van der Waals surface area (Å²) in [5, 5.41) is 0. The predicted octanol–water partition coefficient (Wildman–Crippen LogP) is 2.93. The van der Waals surface area contributed by atoms with Crippen LogP contribution in [0.25, 0.3) is 0 Å². The highest BCUT2D eigenvalue weighted by Gasteiger charge is 2.09. The Morgan fingerprint density at radius 2 is 1.92 bits per heavy atom. The SMILES string of the molecule is CC.CN(C)CC1CC=CCC1. The molecule has 1 aliphatic rings. The number of hydrogen-bond acceptors (Lipinski definition) is 1. The van der Waals surface area contributed by atoms with E-state index >= 15 is 0 Å². The van der Waals surface area contributed by atoms with Gasteiger partial charge in [0.05, 0.1) is 0 Å². The summed E-state index contributed by atoms with van der Waals surface area (Å²) in [5.74, 6) is 0.917. The summed E-state index contributed by atoms with van der Waals surface area (Å²) >= 11 is 0. The maximum absolute atomic E-state index is 2.32. The zero-order valence-corrected chi connectivity index (χ0v) is 9.01. The average molecular weight is 169 g/mol. The van der Waals surface area contributed by atoms with E-state index in [1.165, 1.54) is 25.8 Å². The molecule has 0 aromatic rings. The van der Waals surface area contributed by atoms with Gasteiger partial charge in [-0.1, -0.05) is 26.0 Å². The molecule has 12 heavy (non-hydrogen) atoms. The Morgan fingerprint density at radius 3 is 2.33 bits per heavy atom. The molecule has 1 nitrogen and oxygen atoms in total. The van der Waals surface area contributed by atoms with Crippen LogP contribution in [-0.4, -0.2) is 25.5 Å². The first-order chi connectivity index (χ1) is 5.79. The van der Waals surface area contributed by atoms with Crippen molar-refractivity contribution >= 4 is 0 Å². The lowest BCUT2D eigenvalue weighted by molar-refractivity contribution is 0.309. The molecule has 0 aromatic carbocycles. The Morgan fingerprint density at radius 1 is 1.25 bits per heavy atom. The molecule has 0 radical (unpaired) electrons. The summed E-state index contributed by atoms with van der Waals surface area (Å²) in [6.07, 6.45) is 8.58. The van der Waals surface area contributed by atoms with Crippen molar-refractivity contribution in [2.75, 3.05) is 20.6 Å². The molecule has 0 spiro atoms. The van der Waals surface area contributed by atoms with Crippen LogP contribution in [0.4, 0.5) is 0 Å². The van der Waals surface area contributed by atoms with Gasteiger partial charge in [-0.2, -0.15) is 0 Å². The fraction of sp³-hybridized carbons (Fsp3) is 0.818. The van der Waals surface area contributed by atoms with Crippen molar-refractivity contribution < 1.29 is 0 Å². The first kappa shape index (κ1) is 11.7. The van der Waals surface area contributed by atoms with E-state index in [0.29, 0.717) is 0 Å². The Bertz CT molecular complexity index is 116. The van der Waals surface area contributed by atoms with Gasteiger partial charge >= 0.3 is 0 Å². The van der Waals surface area contributed by atoms with E-state index in [-0.39, 0.29) is 0 Å². The van der Waals surface area contributed by atoms with Crippen LogP contribution >= 0.6 is 0 Å². The lowest BCUT2D eigenvalue weighted by Gasteiger charge is -2.21. The van der Waals surface area contributed by atoms with Crippen molar-refractivity contribution in [1.29, 1.82) is 0 Å². The van der Waals surface area contributed by atoms with Crippen molar-refractivity contribution in [2.24, 2.45) is 5.92 Å². The number of rotatable bonds is 2. The molecule has 1 heteroatoms. The van der Waals surface area contributed by atoms with Crippen molar-refractivity contribution in [1.82, 2.24) is 4.90 Å². The molecule has 1 atom stereocenters. The second-order valence-electron chi connectivity index (χ2n) is 3.41. The number of nitrogens with zero attached hydrogens (tertiary/aromatic N) is 1.